The van der Waals surface area contributed by atoms with Gasteiger partial charge in [-0.2, -0.15) is 0 Å². The van der Waals surface area contributed by atoms with E-state index in [9.17, 15) is 0 Å². The maximum atomic E-state index is 5.96. The number of fused-ring (bicyclic) bond motifs is 1. The van der Waals surface area contributed by atoms with Crippen molar-refractivity contribution >= 4 is 11.0 Å². The number of hydrogen-bond acceptors (Lipinski definition) is 2. The average molecular weight is 175 g/mol. The molecule has 1 aromatic carbocycles. The van der Waals surface area contributed by atoms with Gasteiger partial charge in [-0.05, 0) is 12.5 Å². The SMILES string of the molecule is CC[C@H](N)c1cccc2ccoc12. The molecule has 0 aliphatic rings. The summed E-state index contributed by atoms with van der Waals surface area (Å²) in [5.41, 5.74) is 7.99. The highest BCUT2D eigenvalue weighted by Crippen LogP contribution is 2.25. The normalized spacial score (nSPS) is 13.4. The van der Waals surface area contributed by atoms with Crippen LogP contribution >= 0.6 is 0 Å². The topological polar surface area (TPSA) is 39.2 Å². The third-order valence-corrected chi connectivity index (χ3v) is 2.35. The Labute approximate surface area is 77.3 Å². The van der Waals surface area contributed by atoms with E-state index in [1.165, 1.54) is 0 Å². The Bertz CT molecular complexity index is 405. The number of furan rings is 1. The molecule has 0 radical (unpaired) electrons. The standard InChI is InChI=1S/C11H13NO/c1-2-10(12)9-5-3-4-8-6-7-13-11(8)9/h3-7,10H,2,12H2,1H3/t10-/m0/s1. The first-order chi connectivity index (χ1) is 6.33. The highest BCUT2D eigenvalue weighted by atomic mass is 16.3. The smallest absolute Gasteiger partial charge is 0.138 e. The molecule has 68 valence electrons. The molecule has 0 unspecified atom stereocenters. The quantitative estimate of drug-likeness (QED) is 0.762. The van der Waals surface area contributed by atoms with Crippen molar-refractivity contribution in [2.45, 2.75) is 19.4 Å². The van der Waals surface area contributed by atoms with Crippen LogP contribution in [-0.2, 0) is 0 Å². The predicted octanol–water partition coefficient (Wildman–Crippen LogP) is 2.84. The highest BCUT2D eigenvalue weighted by molar-refractivity contribution is 5.80. The molecular weight excluding hydrogens is 162 g/mol. The average Bonchev–Trinajstić information content (AvgIpc) is 2.63. The minimum atomic E-state index is 0.0786. The number of hydrogen-bond donors (Lipinski definition) is 1. The van der Waals surface area contributed by atoms with E-state index < -0.39 is 0 Å². The van der Waals surface area contributed by atoms with Crippen LogP contribution in [0.4, 0.5) is 0 Å². The largest absolute Gasteiger partial charge is 0.464 e. The fourth-order valence-electron chi connectivity index (χ4n) is 1.53. The van der Waals surface area contributed by atoms with Gasteiger partial charge in [0.15, 0.2) is 0 Å². The van der Waals surface area contributed by atoms with Gasteiger partial charge in [0, 0.05) is 17.0 Å². The van der Waals surface area contributed by atoms with Crippen molar-refractivity contribution in [3.05, 3.63) is 36.1 Å². The number of benzene rings is 1. The van der Waals surface area contributed by atoms with Gasteiger partial charge in [0.1, 0.15) is 5.58 Å². The summed E-state index contributed by atoms with van der Waals surface area (Å²) in [6.07, 6.45) is 2.64. The Morgan fingerprint density at radius 1 is 1.38 bits per heavy atom. The zero-order chi connectivity index (χ0) is 9.26. The molecule has 1 atom stereocenters. The van der Waals surface area contributed by atoms with Gasteiger partial charge in [-0.15, -0.1) is 0 Å². The summed E-state index contributed by atoms with van der Waals surface area (Å²) in [4.78, 5) is 0. The maximum absolute atomic E-state index is 5.96. The molecule has 2 N–H and O–H groups in total. The lowest BCUT2D eigenvalue weighted by Crippen LogP contribution is -2.08. The van der Waals surface area contributed by atoms with Crippen LogP contribution < -0.4 is 5.73 Å². The lowest BCUT2D eigenvalue weighted by atomic mass is 10.0. The molecular formula is C11H13NO. The van der Waals surface area contributed by atoms with E-state index in [-0.39, 0.29) is 6.04 Å². The fourth-order valence-corrected chi connectivity index (χ4v) is 1.53. The van der Waals surface area contributed by atoms with Crippen LogP contribution in [0, 0.1) is 0 Å². The van der Waals surface area contributed by atoms with E-state index in [0.717, 1.165) is 23.0 Å². The van der Waals surface area contributed by atoms with E-state index >= 15 is 0 Å². The molecule has 1 aromatic heterocycles. The third-order valence-electron chi connectivity index (χ3n) is 2.35. The van der Waals surface area contributed by atoms with Gasteiger partial charge in [0.25, 0.3) is 0 Å². The molecule has 2 nitrogen and oxygen atoms in total. The van der Waals surface area contributed by atoms with Crippen LogP contribution in [0.3, 0.4) is 0 Å². The molecule has 0 spiro atoms. The van der Waals surface area contributed by atoms with Gasteiger partial charge < -0.3 is 10.2 Å². The van der Waals surface area contributed by atoms with Gasteiger partial charge in [-0.3, -0.25) is 0 Å². The van der Waals surface area contributed by atoms with E-state index in [4.69, 9.17) is 10.2 Å². The second-order valence-electron chi connectivity index (χ2n) is 3.20. The van der Waals surface area contributed by atoms with Gasteiger partial charge in [0.2, 0.25) is 0 Å². The third kappa shape index (κ3) is 1.33. The minimum Gasteiger partial charge on any atom is -0.464 e. The van der Waals surface area contributed by atoms with Crippen molar-refractivity contribution in [1.29, 1.82) is 0 Å². The van der Waals surface area contributed by atoms with Crippen LogP contribution in [0.15, 0.2) is 34.9 Å². The zero-order valence-electron chi connectivity index (χ0n) is 7.66. The van der Waals surface area contributed by atoms with Crippen molar-refractivity contribution in [1.82, 2.24) is 0 Å². The van der Waals surface area contributed by atoms with Crippen molar-refractivity contribution < 1.29 is 4.42 Å². The van der Waals surface area contributed by atoms with E-state index in [1.54, 1.807) is 6.26 Å². The van der Waals surface area contributed by atoms with Crippen LogP contribution in [0.5, 0.6) is 0 Å². The van der Waals surface area contributed by atoms with Gasteiger partial charge in [-0.25, -0.2) is 0 Å². The fraction of sp³-hybridized carbons (Fsp3) is 0.273. The van der Waals surface area contributed by atoms with Gasteiger partial charge in [-0.1, -0.05) is 25.1 Å². The van der Waals surface area contributed by atoms with E-state index in [2.05, 4.69) is 6.92 Å². The van der Waals surface area contributed by atoms with Gasteiger partial charge in [0.05, 0.1) is 6.26 Å². The summed E-state index contributed by atoms with van der Waals surface area (Å²) >= 11 is 0. The summed E-state index contributed by atoms with van der Waals surface area (Å²) in [5.74, 6) is 0. The van der Waals surface area contributed by atoms with Crippen LogP contribution in [0.25, 0.3) is 11.0 Å². The van der Waals surface area contributed by atoms with Crippen molar-refractivity contribution in [2.75, 3.05) is 0 Å². The maximum Gasteiger partial charge on any atom is 0.138 e. The van der Waals surface area contributed by atoms with Crippen molar-refractivity contribution in [3.8, 4) is 0 Å². The minimum absolute atomic E-state index is 0.0786. The molecule has 0 aliphatic carbocycles. The van der Waals surface area contributed by atoms with Crippen molar-refractivity contribution in [2.24, 2.45) is 5.73 Å². The summed E-state index contributed by atoms with van der Waals surface area (Å²) < 4.78 is 5.39. The Kier molecular flexibility index (Phi) is 2.07. The Balaban J connectivity index is 2.60. The Hall–Kier alpha value is -1.28. The summed E-state index contributed by atoms with van der Waals surface area (Å²) in [5, 5.41) is 1.13. The Morgan fingerprint density at radius 2 is 2.23 bits per heavy atom. The molecule has 1 heterocycles. The molecule has 0 bridgehead atoms. The summed E-state index contributed by atoms with van der Waals surface area (Å²) in [7, 11) is 0. The molecule has 0 fully saturated rings. The van der Waals surface area contributed by atoms with E-state index in [0.29, 0.717) is 0 Å². The zero-order valence-corrected chi connectivity index (χ0v) is 7.66. The van der Waals surface area contributed by atoms with Gasteiger partial charge >= 0.3 is 0 Å². The number of para-hydroxylation sites is 1. The molecule has 0 amide bonds. The molecule has 2 heteroatoms. The molecule has 2 aromatic rings. The van der Waals surface area contributed by atoms with Crippen LogP contribution in [-0.4, -0.2) is 0 Å². The second-order valence-corrected chi connectivity index (χ2v) is 3.20. The lowest BCUT2D eigenvalue weighted by molar-refractivity contribution is 0.598. The second kappa shape index (κ2) is 3.23. The molecule has 0 aliphatic heterocycles. The van der Waals surface area contributed by atoms with Crippen molar-refractivity contribution in [3.63, 3.8) is 0 Å². The Morgan fingerprint density at radius 3 is 3.00 bits per heavy atom. The number of rotatable bonds is 2. The first-order valence-electron chi connectivity index (χ1n) is 4.54. The molecule has 13 heavy (non-hydrogen) atoms. The summed E-state index contributed by atoms with van der Waals surface area (Å²) in [6, 6.07) is 8.11. The number of nitrogens with two attached hydrogens (primary N) is 1. The predicted molar refractivity (Wildman–Crippen MR) is 53.4 cm³/mol. The molecule has 0 saturated heterocycles. The molecule has 2 rings (SSSR count). The summed E-state index contributed by atoms with van der Waals surface area (Å²) in [6.45, 7) is 2.08. The van der Waals surface area contributed by atoms with Crippen LogP contribution in [0.2, 0.25) is 0 Å². The monoisotopic (exact) mass is 175 g/mol. The van der Waals surface area contributed by atoms with E-state index in [1.807, 2.05) is 24.3 Å². The molecule has 0 saturated carbocycles. The van der Waals surface area contributed by atoms with Crippen LogP contribution in [0.1, 0.15) is 24.9 Å². The first kappa shape index (κ1) is 8.32. The lowest BCUT2D eigenvalue weighted by Gasteiger charge is -2.08. The first-order valence-corrected chi connectivity index (χ1v) is 4.54. The highest BCUT2D eigenvalue weighted by Gasteiger charge is 2.09.